The van der Waals surface area contributed by atoms with Crippen molar-refractivity contribution in [2.45, 2.75) is 17.6 Å². The van der Waals surface area contributed by atoms with Crippen LogP contribution in [0.1, 0.15) is 11.8 Å². The van der Waals surface area contributed by atoms with Crippen molar-refractivity contribution in [1.29, 1.82) is 0 Å². The van der Waals surface area contributed by atoms with Gasteiger partial charge in [0.05, 0.1) is 22.9 Å². The Balaban J connectivity index is 2.35. The second-order valence-electron chi connectivity index (χ2n) is 4.12. The van der Waals surface area contributed by atoms with Crippen LogP contribution in [0.15, 0.2) is 39.0 Å². The Labute approximate surface area is 130 Å². The van der Waals surface area contributed by atoms with Gasteiger partial charge in [-0.3, -0.25) is 0 Å². The molecule has 0 spiro atoms. The summed E-state index contributed by atoms with van der Waals surface area (Å²) in [4.78, 5) is 0.881. The van der Waals surface area contributed by atoms with E-state index in [1.807, 2.05) is 12.3 Å². The SMILES string of the molecule is CCOc1ccc(N)c(S(=O)(=O)Cc2cc(Br)cs2)c1. The van der Waals surface area contributed by atoms with E-state index in [1.54, 1.807) is 18.2 Å². The fourth-order valence-corrected chi connectivity index (χ4v) is 5.04. The van der Waals surface area contributed by atoms with Gasteiger partial charge in [0.25, 0.3) is 0 Å². The van der Waals surface area contributed by atoms with Crippen LogP contribution in [0.5, 0.6) is 5.75 Å². The van der Waals surface area contributed by atoms with Crippen molar-refractivity contribution in [3.63, 3.8) is 0 Å². The van der Waals surface area contributed by atoms with E-state index >= 15 is 0 Å². The summed E-state index contributed by atoms with van der Waals surface area (Å²) in [5.74, 6) is 0.441. The van der Waals surface area contributed by atoms with Crippen molar-refractivity contribution in [2.24, 2.45) is 0 Å². The molecule has 0 atom stereocenters. The Morgan fingerprint density at radius 3 is 2.70 bits per heavy atom. The van der Waals surface area contributed by atoms with Crippen LogP contribution in [0, 0.1) is 0 Å². The lowest BCUT2D eigenvalue weighted by atomic mass is 10.3. The van der Waals surface area contributed by atoms with Crippen molar-refractivity contribution in [1.82, 2.24) is 0 Å². The fourth-order valence-electron chi connectivity index (χ4n) is 1.74. The standard InChI is InChI=1S/C13H14BrNO3S2/c1-2-18-10-3-4-12(15)13(6-10)20(16,17)8-11-5-9(14)7-19-11/h3-7H,2,8,15H2,1H3. The van der Waals surface area contributed by atoms with Crippen LogP contribution in [-0.2, 0) is 15.6 Å². The molecule has 0 aliphatic heterocycles. The van der Waals surface area contributed by atoms with Gasteiger partial charge in [-0.15, -0.1) is 11.3 Å². The van der Waals surface area contributed by atoms with E-state index in [0.717, 1.165) is 9.35 Å². The molecule has 7 heteroatoms. The number of hydrogen-bond donors (Lipinski definition) is 1. The third-order valence-corrected chi connectivity index (χ3v) is 6.18. The summed E-state index contributed by atoms with van der Waals surface area (Å²) in [6.07, 6.45) is 0. The molecular formula is C13H14BrNO3S2. The van der Waals surface area contributed by atoms with Gasteiger partial charge in [-0.2, -0.15) is 0 Å². The van der Waals surface area contributed by atoms with Crippen LogP contribution in [0.4, 0.5) is 5.69 Å². The van der Waals surface area contributed by atoms with Gasteiger partial charge in [-0.05, 0) is 41.1 Å². The topological polar surface area (TPSA) is 69.4 Å². The van der Waals surface area contributed by atoms with Gasteiger partial charge in [0.15, 0.2) is 9.84 Å². The van der Waals surface area contributed by atoms with E-state index in [1.165, 1.54) is 17.4 Å². The Hall–Kier alpha value is -1.05. The lowest BCUT2D eigenvalue weighted by Crippen LogP contribution is -2.07. The quantitative estimate of drug-likeness (QED) is 0.812. The van der Waals surface area contributed by atoms with E-state index in [2.05, 4.69) is 15.9 Å². The van der Waals surface area contributed by atoms with Crippen LogP contribution in [-0.4, -0.2) is 15.0 Å². The molecule has 1 heterocycles. The highest BCUT2D eigenvalue weighted by Crippen LogP contribution is 2.29. The predicted molar refractivity (Wildman–Crippen MR) is 84.9 cm³/mol. The van der Waals surface area contributed by atoms with Crippen LogP contribution >= 0.6 is 27.3 Å². The van der Waals surface area contributed by atoms with Gasteiger partial charge in [-0.1, -0.05) is 0 Å². The maximum absolute atomic E-state index is 12.4. The molecule has 2 N–H and O–H groups in total. The molecule has 108 valence electrons. The van der Waals surface area contributed by atoms with E-state index in [0.29, 0.717) is 12.4 Å². The smallest absolute Gasteiger partial charge is 0.185 e. The molecule has 0 aliphatic rings. The molecule has 20 heavy (non-hydrogen) atoms. The van der Waals surface area contributed by atoms with Crippen molar-refractivity contribution >= 4 is 42.8 Å². The molecule has 0 bridgehead atoms. The molecule has 0 saturated carbocycles. The number of nitrogen functional groups attached to an aromatic ring is 1. The molecule has 0 saturated heterocycles. The van der Waals surface area contributed by atoms with E-state index in [9.17, 15) is 8.42 Å². The van der Waals surface area contributed by atoms with Crippen molar-refractivity contribution in [3.8, 4) is 5.75 Å². The van der Waals surface area contributed by atoms with Gasteiger partial charge < -0.3 is 10.5 Å². The molecule has 0 radical (unpaired) electrons. The molecule has 2 aromatic rings. The number of halogens is 1. The summed E-state index contributed by atoms with van der Waals surface area (Å²) in [5, 5.41) is 1.85. The minimum absolute atomic E-state index is 0.0664. The normalized spacial score (nSPS) is 11.5. The minimum atomic E-state index is -3.49. The largest absolute Gasteiger partial charge is 0.494 e. The maximum Gasteiger partial charge on any atom is 0.185 e. The summed E-state index contributed by atoms with van der Waals surface area (Å²) in [7, 11) is -3.49. The first-order valence-electron chi connectivity index (χ1n) is 5.90. The minimum Gasteiger partial charge on any atom is -0.494 e. The fraction of sp³-hybridized carbons (Fsp3) is 0.231. The number of rotatable bonds is 5. The third kappa shape index (κ3) is 3.53. The van der Waals surface area contributed by atoms with Gasteiger partial charge in [0.2, 0.25) is 0 Å². The maximum atomic E-state index is 12.4. The lowest BCUT2D eigenvalue weighted by Gasteiger charge is -2.09. The average Bonchev–Trinajstić information content (AvgIpc) is 2.76. The second-order valence-corrected chi connectivity index (χ2v) is 7.99. The first kappa shape index (κ1) is 15.3. The summed E-state index contributed by atoms with van der Waals surface area (Å²) in [6.45, 7) is 2.31. The molecule has 0 fully saturated rings. The molecule has 0 amide bonds. The van der Waals surface area contributed by atoms with E-state index in [4.69, 9.17) is 10.5 Å². The summed E-state index contributed by atoms with van der Waals surface area (Å²) < 4.78 is 31.1. The molecule has 1 aromatic heterocycles. The summed E-state index contributed by atoms with van der Waals surface area (Å²) in [5.41, 5.74) is 6.03. The van der Waals surface area contributed by atoms with E-state index < -0.39 is 9.84 Å². The molecule has 0 aliphatic carbocycles. The summed E-state index contributed by atoms with van der Waals surface area (Å²) in [6, 6.07) is 6.50. The van der Waals surface area contributed by atoms with Crippen LogP contribution in [0.25, 0.3) is 0 Å². The number of benzene rings is 1. The number of thiophene rings is 1. The van der Waals surface area contributed by atoms with Crippen molar-refractivity contribution in [3.05, 3.63) is 39.0 Å². The first-order valence-corrected chi connectivity index (χ1v) is 9.23. The zero-order valence-electron chi connectivity index (χ0n) is 10.8. The van der Waals surface area contributed by atoms with Gasteiger partial charge >= 0.3 is 0 Å². The molecular weight excluding hydrogens is 362 g/mol. The highest BCUT2D eigenvalue weighted by Gasteiger charge is 2.20. The van der Waals surface area contributed by atoms with Crippen LogP contribution < -0.4 is 10.5 Å². The molecule has 4 nitrogen and oxygen atoms in total. The van der Waals surface area contributed by atoms with Crippen molar-refractivity contribution in [2.75, 3.05) is 12.3 Å². The highest BCUT2D eigenvalue weighted by molar-refractivity contribution is 9.10. The highest BCUT2D eigenvalue weighted by atomic mass is 79.9. The number of anilines is 1. The zero-order chi connectivity index (χ0) is 14.8. The van der Waals surface area contributed by atoms with Crippen LogP contribution in [0.2, 0.25) is 0 Å². The monoisotopic (exact) mass is 375 g/mol. The molecule has 2 rings (SSSR count). The van der Waals surface area contributed by atoms with Crippen molar-refractivity contribution < 1.29 is 13.2 Å². The average molecular weight is 376 g/mol. The Bertz CT molecular complexity index is 710. The molecule has 0 unspecified atom stereocenters. The lowest BCUT2D eigenvalue weighted by molar-refractivity contribution is 0.339. The Morgan fingerprint density at radius 1 is 1.35 bits per heavy atom. The first-order chi connectivity index (χ1) is 9.42. The third-order valence-electron chi connectivity index (χ3n) is 2.59. The molecule has 1 aromatic carbocycles. The second kappa shape index (κ2) is 6.15. The van der Waals surface area contributed by atoms with Crippen LogP contribution in [0.3, 0.4) is 0 Å². The number of sulfone groups is 1. The predicted octanol–water partition coefficient (Wildman–Crippen LogP) is 3.47. The van der Waals surface area contributed by atoms with E-state index in [-0.39, 0.29) is 16.3 Å². The number of ether oxygens (including phenoxy) is 1. The number of hydrogen-bond acceptors (Lipinski definition) is 5. The number of nitrogens with two attached hydrogens (primary N) is 1. The zero-order valence-corrected chi connectivity index (χ0v) is 14.0. The van der Waals surface area contributed by atoms with Gasteiger partial charge in [0, 0.05) is 20.8 Å². The Kier molecular flexibility index (Phi) is 4.72. The van der Waals surface area contributed by atoms with Gasteiger partial charge in [-0.25, -0.2) is 8.42 Å². The Morgan fingerprint density at radius 2 is 2.10 bits per heavy atom. The summed E-state index contributed by atoms with van der Waals surface area (Å²) >= 11 is 4.71. The van der Waals surface area contributed by atoms with Gasteiger partial charge in [0.1, 0.15) is 5.75 Å².